The first-order valence-corrected chi connectivity index (χ1v) is 6.39. The second kappa shape index (κ2) is 6.79. The Labute approximate surface area is 80.9 Å². The standard InChI is InChI=1S/C10H21NS/c1-2-12-10-6-9-11-7-4-3-5-8-11/h2-10H2,1H3. The molecule has 1 saturated heterocycles. The Morgan fingerprint density at radius 2 is 1.92 bits per heavy atom. The molecule has 0 bridgehead atoms. The quantitative estimate of drug-likeness (QED) is 0.609. The van der Waals surface area contributed by atoms with Gasteiger partial charge in [0.2, 0.25) is 0 Å². The maximum Gasteiger partial charge on any atom is -0.00109 e. The number of rotatable bonds is 5. The van der Waals surface area contributed by atoms with Crippen LogP contribution in [0, 0.1) is 0 Å². The third-order valence-electron chi connectivity index (χ3n) is 2.42. The first-order chi connectivity index (χ1) is 5.93. The van der Waals surface area contributed by atoms with Crippen molar-refractivity contribution in [1.29, 1.82) is 0 Å². The molecule has 0 spiro atoms. The van der Waals surface area contributed by atoms with Gasteiger partial charge in [-0.15, -0.1) is 0 Å². The van der Waals surface area contributed by atoms with Crippen LogP contribution >= 0.6 is 11.8 Å². The van der Waals surface area contributed by atoms with E-state index in [1.165, 1.54) is 56.8 Å². The summed E-state index contributed by atoms with van der Waals surface area (Å²) in [6.45, 7) is 6.30. The first kappa shape index (κ1) is 10.4. The molecule has 0 unspecified atom stereocenters. The van der Waals surface area contributed by atoms with Gasteiger partial charge in [0.05, 0.1) is 0 Å². The van der Waals surface area contributed by atoms with E-state index in [1.54, 1.807) is 0 Å². The van der Waals surface area contributed by atoms with E-state index < -0.39 is 0 Å². The summed E-state index contributed by atoms with van der Waals surface area (Å²) in [5, 5.41) is 0. The highest BCUT2D eigenvalue weighted by Crippen LogP contribution is 2.10. The van der Waals surface area contributed by atoms with Gasteiger partial charge in [-0.2, -0.15) is 11.8 Å². The van der Waals surface area contributed by atoms with Crippen molar-refractivity contribution in [3.05, 3.63) is 0 Å². The van der Waals surface area contributed by atoms with Crippen molar-refractivity contribution in [2.24, 2.45) is 0 Å². The lowest BCUT2D eigenvalue weighted by atomic mass is 10.1. The second-order valence-electron chi connectivity index (χ2n) is 3.45. The Kier molecular flexibility index (Phi) is 5.88. The van der Waals surface area contributed by atoms with Crippen molar-refractivity contribution in [2.45, 2.75) is 32.6 Å². The lowest BCUT2D eigenvalue weighted by molar-refractivity contribution is 0.230. The van der Waals surface area contributed by atoms with Gasteiger partial charge in [0.1, 0.15) is 0 Å². The second-order valence-corrected chi connectivity index (χ2v) is 4.85. The van der Waals surface area contributed by atoms with Crippen molar-refractivity contribution in [3.8, 4) is 0 Å². The Morgan fingerprint density at radius 1 is 1.17 bits per heavy atom. The average Bonchev–Trinajstić information content (AvgIpc) is 2.14. The molecule has 1 fully saturated rings. The molecule has 1 heterocycles. The summed E-state index contributed by atoms with van der Waals surface area (Å²) in [4.78, 5) is 2.62. The zero-order valence-corrected chi connectivity index (χ0v) is 9.04. The van der Waals surface area contributed by atoms with Gasteiger partial charge in [-0.05, 0) is 50.4 Å². The molecule has 12 heavy (non-hydrogen) atoms. The molecular formula is C10H21NS. The number of thioether (sulfide) groups is 1. The van der Waals surface area contributed by atoms with Crippen molar-refractivity contribution < 1.29 is 0 Å². The minimum absolute atomic E-state index is 1.28. The van der Waals surface area contributed by atoms with Crippen LogP contribution in [-0.2, 0) is 0 Å². The van der Waals surface area contributed by atoms with Gasteiger partial charge in [0.25, 0.3) is 0 Å². The largest absolute Gasteiger partial charge is 0.303 e. The van der Waals surface area contributed by atoms with Crippen LogP contribution in [0.4, 0.5) is 0 Å². The van der Waals surface area contributed by atoms with Crippen LogP contribution in [0.25, 0.3) is 0 Å². The molecule has 1 aliphatic heterocycles. The maximum absolute atomic E-state index is 2.62. The third kappa shape index (κ3) is 4.36. The highest BCUT2D eigenvalue weighted by Gasteiger charge is 2.08. The van der Waals surface area contributed by atoms with E-state index in [0.29, 0.717) is 0 Å². The summed E-state index contributed by atoms with van der Waals surface area (Å²) < 4.78 is 0. The van der Waals surface area contributed by atoms with Crippen molar-refractivity contribution >= 4 is 11.8 Å². The van der Waals surface area contributed by atoms with Crippen LogP contribution in [0.5, 0.6) is 0 Å². The van der Waals surface area contributed by atoms with Gasteiger partial charge >= 0.3 is 0 Å². The molecule has 2 heteroatoms. The lowest BCUT2D eigenvalue weighted by Gasteiger charge is -2.26. The number of likely N-dealkylation sites (tertiary alicyclic amines) is 1. The first-order valence-electron chi connectivity index (χ1n) is 5.23. The Bertz CT molecular complexity index is 100. The predicted molar refractivity (Wildman–Crippen MR) is 57.9 cm³/mol. The molecule has 0 N–H and O–H groups in total. The molecule has 0 aliphatic carbocycles. The summed E-state index contributed by atoms with van der Waals surface area (Å²) in [6.07, 6.45) is 5.71. The summed E-state index contributed by atoms with van der Waals surface area (Å²) in [6, 6.07) is 0. The number of piperidine rings is 1. The summed E-state index contributed by atoms with van der Waals surface area (Å²) in [5.74, 6) is 2.63. The number of hydrogen-bond donors (Lipinski definition) is 0. The molecule has 0 aromatic rings. The van der Waals surface area contributed by atoms with E-state index in [0.717, 1.165) is 0 Å². The van der Waals surface area contributed by atoms with Gasteiger partial charge in [0, 0.05) is 0 Å². The lowest BCUT2D eigenvalue weighted by Crippen LogP contribution is -2.30. The van der Waals surface area contributed by atoms with Crippen molar-refractivity contribution in [2.75, 3.05) is 31.1 Å². The zero-order chi connectivity index (χ0) is 8.65. The Morgan fingerprint density at radius 3 is 2.58 bits per heavy atom. The summed E-state index contributed by atoms with van der Waals surface area (Å²) in [7, 11) is 0. The van der Waals surface area contributed by atoms with E-state index in [9.17, 15) is 0 Å². The van der Waals surface area contributed by atoms with E-state index in [1.807, 2.05) is 0 Å². The predicted octanol–water partition coefficient (Wildman–Crippen LogP) is 2.62. The monoisotopic (exact) mass is 187 g/mol. The van der Waals surface area contributed by atoms with Crippen LogP contribution in [0.15, 0.2) is 0 Å². The minimum Gasteiger partial charge on any atom is -0.303 e. The Balaban J connectivity index is 1.91. The van der Waals surface area contributed by atoms with Gasteiger partial charge in [0.15, 0.2) is 0 Å². The molecule has 0 amide bonds. The zero-order valence-electron chi connectivity index (χ0n) is 8.22. The van der Waals surface area contributed by atoms with E-state index in [4.69, 9.17) is 0 Å². The number of hydrogen-bond acceptors (Lipinski definition) is 2. The molecule has 0 radical (unpaired) electrons. The van der Waals surface area contributed by atoms with E-state index >= 15 is 0 Å². The highest BCUT2D eigenvalue weighted by atomic mass is 32.2. The minimum atomic E-state index is 1.28. The molecule has 0 atom stereocenters. The van der Waals surface area contributed by atoms with E-state index in [2.05, 4.69) is 23.6 Å². The molecule has 0 saturated carbocycles. The molecule has 72 valence electrons. The van der Waals surface area contributed by atoms with E-state index in [-0.39, 0.29) is 0 Å². The van der Waals surface area contributed by atoms with Crippen molar-refractivity contribution in [1.82, 2.24) is 4.90 Å². The molecule has 1 aliphatic rings. The highest BCUT2D eigenvalue weighted by molar-refractivity contribution is 7.99. The number of nitrogens with zero attached hydrogens (tertiary/aromatic N) is 1. The van der Waals surface area contributed by atoms with Gasteiger partial charge in [-0.3, -0.25) is 0 Å². The molecule has 0 aromatic carbocycles. The molecule has 1 nitrogen and oxygen atoms in total. The van der Waals surface area contributed by atoms with Gasteiger partial charge in [-0.25, -0.2) is 0 Å². The molecule has 0 aromatic heterocycles. The fourth-order valence-corrected chi connectivity index (χ4v) is 2.34. The molecule has 1 rings (SSSR count). The van der Waals surface area contributed by atoms with Crippen LogP contribution < -0.4 is 0 Å². The van der Waals surface area contributed by atoms with Crippen molar-refractivity contribution in [3.63, 3.8) is 0 Å². The molecular weight excluding hydrogens is 166 g/mol. The van der Waals surface area contributed by atoms with Gasteiger partial charge < -0.3 is 4.90 Å². The summed E-state index contributed by atoms with van der Waals surface area (Å²) in [5.41, 5.74) is 0. The van der Waals surface area contributed by atoms with Crippen LogP contribution in [0.3, 0.4) is 0 Å². The summed E-state index contributed by atoms with van der Waals surface area (Å²) >= 11 is 2.07. The van der Waals surface area contributed by atoms with Crippen LogP contribution in [0.1, 0.15) is 32.6 Å². The Hall–Kier alpha value is 0.310. The maximum atomic E-state index is 2.62. The average molecular weight is 187 g/mol. The van der Waals surface area contributed by atoms with Crippen LogP contribution in [-0.4, -0.2) is 36.0 Å². The SMILES string of the molecule is CCSCCCN1CCCCC1. The smallest absolute Gasteiger partial charge is 0.00109 e. The van der Waals surface area contributed by atoms with Gasteiger partial charge in [-0.1, -0.05) is 13.3 Å². The van der Waals surface area contributed by atoms with Crippen LogP contribution in [0.2, 0.25) is 0 Å². The normalized spacial score (nSPS) is 19.8. The third-order valence-corrected chi connectivity index (χ3v) is 3.40. The fraction of sp³-hybridized carbons (Fsp3) is 1.00. The fourth-order valence-electron chi connectivity index (χ4n) is 1.72. The topological polar surface area (TPSA) is 3.24 Å².